The van der Waals surface area contributed by atoms with Crippen LogP contribution in [0.2, 0.25) is 0 Å². The van der Waals surface area contributed by atoms with E-state index in [1.807, 2.05) is 0 Å². The molecule has 0 spiro atoms. The molecular weight excluding hydrogens is 112 g/mol. The van der Waals surface area contributed by atoms with Crippen molar-refractivity contribution in [1.29, 1.82) is 0 Å². The average Bonchev–Trinajstić information content (AvgIpc) is 1.89. The van der Waals surface area contributed by atoms with Gasteiger partial charge in [-0.2, -0.15) is 0 Å². The summed E-state index contributed by atoms with van der Waals surface area (Å²) < 4.78 is 0. The van der Waals surface area contributed by atoms with E-state index >= 15 is 0 Å². The summed E-state index contributed by atoms with van der Waals surface area (Å²) >= 11 is 0. The van der Waals surface area contributed by atoms with Crippen LogP contribution in [0.15, 0.2) is 0 Å². The standard InChI is InChI=1S/C7H16N2/c1-3-7-6-8-4-5-9(7)2/h7-8H,3-6H2,1-2H3. The predicted octanol–water partition coefficient (Wildman–Crippen LogP) is 0.300. The molecule has 1 fully saturated rings. The van der Waals surface area contributed by atoms with E-state index < -0.39 is 0 Å². The van der Waals surface area contributed by atoms with Gasteiger partial charge in [0.15, 0.2) is 0 Å². The molecule has 1 heterocycles. The second-order valence-electron chi connectivity index (χ2n) is 2.75. The van der Waals surface area contributed by atoms with Gasteiger partial charge in [-0.25, -0.2) is 0 Å². The van der Waals surface area contributed by atoms with E-state index in [0.717, 1.165) is 12.6 Å². The largest absolute Gasteiger partial charge is 0.314 e. The summed E-state index contributed by atoms with van der Waals surface area (Å²) in [5, 5.41) is 3.37. The van der Waals surface area contributed by atoms with E-state index in [1.54, 1.807) is 0 Å². The molecule has 1 aliphatic rings. The van der Waals surface area contributed by atoms with Crippen molar-refractivity contribution in [3.05, 3.63) is 0 Å². The van der Waals surface area contributed by atoms with E-state index in [9.17, 15) is 0 Å². The smallest absolute Gasteiger partial charge is 0.0215 e. The molecule has 0 bridgehead atoms. The Morgan fingerprint density at radius 1 is 1.67 bits per heavy atom. The monoisotopic (exact) mass is 128 g/mol. The molecule has 1 N–H and O–H groups in total. The second kappa shape index (κ2) is 3.18. The van der Waals surface area contributed by atoms with E-state index in [4.69, 9.17) is 0 Å². The summed E-state index contributed by atoms with van der Waals surface area (Å²) in [7, 11) is 2.20. The maximum absolute atomic E-state index is 3.37. The number of likely N-dealkylation sites (N-methyl/N-ethyl adjacent to an activating group) is 1. The Hall–Kier alpha value is -0.0800. The van der Waals surface area contributed by atoms with Gasteiger partial charge < -0.3 is 10.2 Å². The minimum atomic E-state index is 0.777. The molecule has 2 nitrogen and oxygen atoms in total. The van der Waals surface area contributed by atoms with Crippen molar-refractivity contribution in [1.82, 2.24) is 10.2 Å². The quantitative estimate of drug-likeness (QED) is 0.546. The lowest BCUT2D eigenvalue weighted by Crippen LogP contribution is -2.48. The van der Waals surface area contributed by atoms with E-state index in [-0.39, 0.29) is 0 Å². The first-order chi connectivity index (χ1) is 4.34. The molecule has 9 heavy (non-hydrogen) atoms. The lowest BCUT2D eigenvalue weighted by molar-refractivity contribution is 0.195. The summed E-state index contributed by atoms with van der Waals surface area (Å²) in [6.07, 6.45) is 1.27. The third-order valence-corrected chi connectivity index (χ3v) is 2.12. The van der Waals surface area contributed by atoms with Gasteiger partial charge in [0.05, 0.1) is 0 Å². The second-order valence-corrected chi connectivity index (χ2v) is 2.75. The van der Waals surface area contributed by atoms with Gasteiger partial charge in [-0.05, 0) is 13.5 Å². The molecule has 0 amide bonds. The first-order valence-corrected chi connectivity index (χ1v) is 3.75. The van der Waals surface area contributed by atoms with Crippen LogP contribution in [-0.4, -0.2) is 37.6 Å². The molecular formula is C7H16N2. The lowest BCUT2D eigenvalue weighted by Gasteiger charge is -2.32. The summed E-state index contributed by atoms with van der Waals surface area (Å²) in [5.41, 5.74) is 0. The van der Waals surface area contributed by atoms with Crippen LogP contribution >= 0.6 is 0 Å². The Bertz CT molecular complexity index is 83.0. The topological polar surface area (TPSA) is 15.3 Å². The van der Waals surface area contributed by atoms with Crippen LogP contribution in [0.1, 0.15) is 13.3 Å². The SMILES string of the molecule is CCC1CNCCN1C. The highest BCUT2D eigenvalue weighted by Crippen LogP contribution is 2.02. The third-order valence-electron chi connectivity index (χ3n) is 2.12. The van der Waals surface area contributed by atoms with Gasteiger partial charge >= 0.3 is 0 Å². The summed E-state index contributed by atoms with van der Waals surface area (Å²) in [6, 6.07) is 0.777. The summed E-state index contributed by atoms with van der Waals surface area (Å²) in [5.74, 6) is 0. The zero-order chi connectivity index (χ0) is 6.69. The van der Waals surface area contributed by atoms with Crippen LogP contribution in [0, 0.1) is 0 Å². The fraction of sp³-hybridized carbons (Fsp3) is 1.00. The normalized spacial score (nSPS) is 30.7. The maximum Gasteiger partial charge on any atom is 0.0215 e. The predicted molar refractivity (Wildman–Crippen MR) is 39.6 cm³/mol. The van der Waals surface area contributed by atoms with E-state index in [0.29, 0.717) is 0 Å². The van der Waals surface area contributed by atoms with Crippen molar-refractivity contribution < 1.29 is 0 Å². The minimum absolute atomic E-state index is 0.777. The number of hydrogen-bond donors (Lipinski definition) is 1. The zero-order valence-electron chi connectivity index (χ0n) is 6.35. The van der Waals surface area contributed by atoms with Gasteiger partial charge in [0.2, 0.25) is 0 Å². The van der Waals surface area contributed by atoms with Crippen LogP contribution in [-0.2, 0) is 0 Å². The highest BCUT2D eigenvalue weighted by atomic mass is 15.2. The van der Waals surface area contributed by atoms with Crippen molar-refractivity contribution >= 4 is 0 Å². The van der Waals surface area contributed by atoms with Gasteiger partial charge in [0.1, 0.15) is 0 Å². The zero-order valence-corrected chi connectivity index (χ0v) is 6.35. The molecule has 1 atom stereocenters. The van der Waals surface area contributed by atoms with E-state index in [1.165, 1.54) is 19.5 Å². The molecule has 1 unspecified atom stereocenters. The van der Waals surface area contributed by atoms with Crippen LogP contribution < -0.4 is 5.32 Å². The molecule has 54 valence electrons. The van der Waals surface area contributed by atoms with E-state index in [2.05, 4.69) is 24.2 Å². The van der Waals surface area contributed by atoms with Crippen molar-refractivity contribution in [3.8, 4) is 0 Å². The van der Waals surface area contributed by atoms with Crippen LogP contribution in [0.5, 0.6) is 0 Å². The first kappa shape index (κ1) is 7.03. The Morgan fingerprint density at radius 2 is 2.44 bits per heavy atom. The molecule has 0 saturated carbocycles. The lowest BCUT2D eigenvalue weighted by atomic mass is 10.1. The Balaban J connectivity index is 2.30. The van der Waals surface area contributed by atoms with Crippen molar-refractivity contribution in [3.63, 3.8) is 0 Å². The van der Waals surface area contributed by atoms with Gasteiger partial charge in [0.25, 0.3) is 0 Å². The average molecular weight is 128 g/mol. The number of rotatable bonds is 1. The molecule has 2 heteroatoms. The van der Waals surface area contributed by atoms with Crippen LogP contribution in [0.4, 0.5) is 0 Å². The van der Waals surface area contributed by atoms with Gasteiger partial charge in [-0.1, -0.05) is 6.92 Å². The Morgan fingerprint density at radius 3 is 2.89 bits per heavy atom. The number of nitrogens with zero attached hydrogens (tertiary/aromatic N) is 1. The number of hydrogen-bond acceptors (Lipinski definition) is 2. The fourth-order valence-electron chi connectivity index (χ4n) is 1.32. The molecule has 0 aromatic heterocycles. The molecule has 1 rings (SSSR count). The van der Waals surface area contributed by atoms with Crippen molar-refractivity contribution in [2.45, 2.75) is 19.4 Å². The minimum Gasteiger partial charge on any atom is -0.314 e. The molecule has 1 saturated heterocycles. The van der Waals surface area contributed by atoms with Gasteiger partial charge in [-0.15, -0.1) is 0 Å². The maximum atomic E-state index is 3.37. The molecule has 0 aliphatic carbocycles. The highest BCUT2D eigenvalue weighted by molar-refractivity contribution is 4.75. The molecule has 0 aromatic rings. The highest BCUT2D eigenvalue weighted by Gasteiger charge is 2.15. The summed E-state index contributed by atoms with van der Waals surface area (Å²) in [6.45, 7) is 5.78. The first-order valence-electron chi connectivity index (χ1n) is 3.75. The van der Waals surface area contributed by atoms with Gasteiger partial charge in [0, 0.05) is 25.7 Å². The van der Waals surface area contributed by atoms with Crippen LogP contribution in [0.25, 0.3) is 0 Å². The summed E-state index contributed by atoms with van der Waals surface area (Å²) in [4.78, 5) is 2.43. The number of nitrogens with one attached hydrogen (secondary N) is 1. The third kappa shape index (κ3) is 1.66. The van der Waals surface area contributed by atoms with Crippen LogP contribution in [0.3, 0.4) is 0 Å². The van der Waals surface area contributed by atoms with Crippen molar-refractivity contribution in [2.75, 3.05) is 26.7 Å². The molecule has 1 aliphatic heterocycles. The molecule has 0 aromatic carbocycles. The van der Waals surface area contributed by atoms with Crippen molar-refractivity contribution in [2.24, 2.45) is 0 Å². The Labute approximate surface area is 57.2 Å². The fourth-order valence-corrected chi connectivity index (χ4v) is 1.32. The number of piperazine rings is 1. The molecule has 0 radical (unpaired) electrons. The Kier molecular flexibility index (Phi) is 2.49. The van der Waals surface area contributed by atoms with Gasteiger partial charge in [-0.3, -0.25) is 0 Å².